The topological polar surface area (TPSA) is 87.8 Å². The molecule has 0 bridgehead atoms. The van der Waals surface area contributed by atoms with Gasteiger partial charge in [0, 0.05) is 44.8 Å². The number of para-hydroxylation sites is 1. The number of aryl methyl sites for hydroxylation is 1. The number of rotatable bonds is 8. The molecule has 0 radical (unpaired) electrons. The predicted octanol–water partition coefficient (Wildman–Crippen LogP) is 5.19. The molecular weight excluding hydrogens is 456 g/mol. The first-order valence-electron chi connectivity index (χ1n) is 12.9. The number of hydrogen-bond acceptors (Lipinski definition) is 5. The van der Waals surface area contributed by atoms with E-state index in [2.05, 4.69) is 6.07 Å². The van der Waals surface area contributed by atoms with Crippen molar-refractivity contribution in [3.63, 3.8) is 0 Å². The molecule has 0 aliphatic carbocycles. The van der Waals surface area contributed by atoms with Crippen molar-refractivity contribution in [3.05, 3.63) is 35.5 Å². The van der Waals surface area contributed by atoms with Crippen molar-refractivity contribution in [1.82, 2.24) is 14.4 Å². The van der Waals surface area contributed by atoms with Gasteiger partial charge < -0.3 is 23.8 Å². The molecule has 8 nitrogen and oxygen atoms in total. The molecule has 0 unspecified atom stereocenters. The highest BCUT2D eigenvalue weighted by atomic mass is 16.6. The van der Waals surface area contributed by atoms with E-state index in [1.165, 1.54) is 0 Å². The van der Waals surface area contributed by atoms with Gasteiger partial charge in [0.1, 0.15) is 17.4 Å². The fourth-order valence-electron chi connectivity index (χ4n) is 4.97. The molecule has 1 aliphatic rings. The molecule has 2 amide bonds. The standard InChI is InChI=1S/C28H40N4O4/c1-20(2)32(23-13-10-14-30(19-23)27(34)36-28(3,4)5)26(33)24-17-21-11-9-12-22(18-29)25(21)31(24)15-7-8-16-35-6/h9,11-12,17,20,23H,7-8,10,13-16,19H2,1-6H3/t23-/m1/s1. The molecule has 0 spiro atoms. The average Bonchev–Trinajstić information content (AvgIpc) is 3.19. The van der Waals surface area contributed by atoms with Crippen molar-refractivity contribution in [2.45, 2.75) is 84.5 Å². The van der Waals surface area contributed by atoms with E-state index in [9.17, 15) is 14.9 Å². The number of nitrogens with zero attached hydrogens (tertiary/aromatic N) is 4. The Kier molecular flexibility index (Phi) is 9.02. The van der Waals surface area contributed by atoms with Gasteiger partial charge in [0.15, 0.2) is 0 Å². The van der Waals surface area contributed by atoms with Crippen LogP contribution in [0.5, 0.6) is 0 Å². The Balaban J connectivity index is 1.94. The molecule has 1 atom stereocenters. The largest absolute Gasteiger partial charge is 0.444 e. The summed E-state index contributed by atoms with van der Waals surface area (Å²) in [6, 6.07) is 9.61. The fourth-order valence-corrected chi connectivity index (χ4v) is 4.97. The van der Waals surface area contributed by atoms with E-state index in [4.69, 9.17) is 9.47 Å². The second-order valence-electron chi connectivity index (χ2n) is 10.8. The van der Waals surface area contributed by atoms with Crippen LogP contribution in [0.15, 0.2) is 24.3 Å². The minimum absolute atomic E-state index is 0.0588. The van der Waals surface area contributed by atoms with E-state index >= 15 is 0 Å². The molecule has 0 saturated carbocycles. The minimum atomic E-state index is -0.570. The molecule has 196 valence electrons. The van der Waals surface area contributed by atoms with Gasteiger partial charge in [0.25, 0.3) is 5.91 Å². The monoisotopic (exact) mass is 496 g/mol. The molecule has 36 heavy (non-hydrogen) atoms. The molecule has 1 aromatic carbocycles. The van der Waals surface area contributed by atoms with Crippen molar-refractivity contribution in [2.24, 2.45) is 0 Å². The zero-order valence-electron chi connectivity index (χ0n) is 22.5. The van der Waals surface area contributed by atoms with Crippen molar-refractivity contribution in [2.75, 3.05) is 26.8 Å². The normalized spacial score (nSPS) is 16.3. The molecule has 3 rings (SSSR count). The number of benzene rings is 1. The van der Waals surface area contributed by atoms with Crippen molar-refractivity contribution >= 4 is 22.9 Å². The van der Waals surface area contributed by atoms with Crippen LogP contribution in [0.25, 0.3) is 10.9 Å². The van der Waals surface area contributed by atoms with Crippen LogP contribution in [0.3, 0.4) is 0 Å². The quantitative estimate of drug-likeness (QED) is 0.469. The molecule has 1 fully saturated rings. The highest BCUT2D eigenvalue weighted by molar-refractivity contribution is 6.00. The number of carbonyl (C=O) groups excluding carboxylic acids is 2. The van der Waals surface area contributed by atoms with E-state index in [-0.39, 0.29) is 24.1 Å². The SMILES string of the molecule is COCCCCn1c(C(=O)N(C(C)C)[C@@H]2CCCN(C(=O)OC(C)(C)C)C2)cc2cccc(C#N)c21. The molecule has 1 aromatic heterocycles. The second kappa shape index (κ2) is 11.8. The first-order chi connectivity index (χ1) is 17.1. The van der Waals surface area contributed by atoms with Crippen LogP contribution in [0.1, 0.15) is 76.4 Å². The van der Waals surface area contributed by atoms with Gasteiger partial charge in [-0.3, -0.25) is 4.79 Å². The number of unbranched alkanes of at least 4 members (excludes halogenated alkanes) is 1. The first kappa shape index (κ1) is 27.5. The Morgan fingerprint density at radius 3 is 2.64 bits per heavy atom. The number of fused-ring (bicyclic) bond motifs is 1. The molecule has 2 aromatic rings. The summed E-state index contributed by atoms with van der Waals surface area (Å²) in [7, 11) is 1.68. The number of amides is 2. The Labute approximate surface area is 214 Å². The van der Waals surface area contributed by atoms with Crippen LogP contribution in [0, 0.1) is 11.3 Å². The van der Waals surface area contributed by atoms with Gasteiger partial charge in [0.05, 0.1) is 17.1 Å². The number of aromatic nitrogens is 1. The maximum Gasteiger partial charge on any atom is 0.410 e. The Morgan fingerprint density at radius 2 is 2.00 bits per heavy atom. The lowest BCUT2D eigenvalue weighted by Gasteiger charge is -2.41. The van der Waals surface area contributed by atoms with E-state index in [1.54, 1.807) is 18.1 Å². The van der Waals surface area contributed by atoms with E-state index < -0.39 is 5.60 Å². The van der Waals surface area contributed by atoms with Gasteiger partial charge in [-0.2, -0.15) is 5.26 Å². The third-order valence-electron chi connectivity index (χ3n) is 6.47. The Bertz CT molecular complexity index is 1110. The third kappa shape index (κ3) is 6.38. The molecule has 1 saturated heterocycles. The summed E-state index contributed by atoms with van der Waals surface area (Å²) in [5.74, 6) is -0.0760. The van der Waals surface area contributed by atoms with E-state index in [0.717, 1.165) is 36.6 Å². The predicted molar refractivity (Wildman–Crippen MR) is 140 cm³/mol. The van der Waals surface area contributed by atoms with Crippen molar-refractivity contribution in [3.8, 4) is 6.07 Å². The highest BCUT2D eigenvalue weighted by Crippen LogP contribution is 2.28. The number of piperidine rings is 1. The van der Waals surface area contributed by atoms with Crippen LogP contribution < -0.4 is 0 Å². The minimum Gasteiger partial charge on any atom is -0.444 e. The number of likely N-dealkylation sites (tertiary alicyclic amines) is 1. The molecule has 0 N–H and O–H groups in total. The molecule has 2 heterocycles. The van der Waals surface area contributed by atoms with Gasteiger partial charge >= 0.3 is 6.09 Å². The lowest BCUT2D eigenvalue weighted by molar-refractivity contribution is 0.00733. The van der Waals surface area contributed by atoms with Crippen LogP contribution >= 0.6 is 0 Å². The highest BCUT2D eigenvalue weighted by Gasteiger charge is 2.35. The summed E-state index contributed by atoms with van der Waals surface area (Å²) in [5.41, 5.74) is 1.36. The van der Waals surface area contributed by atoms with Gasteiger partial charge in [-0.1, -0.05) is 12.1 Å². The van der Waals surface area contributed by atoms with Gasteiger partial charge in [-0.05, 0) is 72.4 Å². The number of methoxy groups -OCH3 is 1. The summed E-state index contributed by atoms with van der Waals surface area (Å²) in [5, 5.41) is 10.6. The zero-order chi connectivity index (χ0) is 26.5. The van der Waals surface area contributed by atoms with Crippen molar-refractivity contribution < 1.29 is 19.1 Å². The summed E-state index contributed by atoms with van der Waals surface area (Å²) in [6.45, 7) is 11.9. The fraction of sp³-hybridized carbons (Fsp3) is 0.607. The first-order valence-corrected chi connectivity index (χ1v) is 12.9. The van der Waals surface area contributed by atoms with E-state index in [1.807, 2.05) is 62.3 Å². The van der Waals surface area contributed by atoms with Gasteiger partial charge in [-0.25, -0.2) is 4.79 Å². The number of carbonyl (C=O) groups is 2. The second-order valence-corrected chi connectivity index (χ2v) is 10.8. The van der Waals surface area contributed by atoms with Crippen molar-refractivity contribution in [1.29, 1.82) is 5.26 Å². The Morgan fingerprint density at radius 1 is 1.25 bits per heavy atom. The summed E-state index contributed by atoms with van der Waals surface area (Å²) >= 11 is 0. The van der Waals surface area contributed by atoms with Crippen LogP contribution in [0.4, 0.5) is 4.79 Å². The third-order valence-corrected chi connectivity index (χ3v) is 6.47. The van der Waals surface area contributed by atoms with Crippen LogP contribution in [0.2, 0.25) is 0 Å². The summed E-state index contributed by atoms with van der Waals surface area (Å²) in [6.07, 6.45) is 2.98. The van der Waals surface area contributed by atoms with Gasteiger partial charge in [0.2, 0.25) is 0 Å². The van der Waals surface area contributed by atoms with Crippen LogP contribution in [-0.4, -0.2) is 70.9 Å². The van der Waals surface area contributed by atoms with Gasteiger partial charge in [-0.15, -0.1) is 0 Å². The maximum atomic E-state index is 14.1. The average molecular weight is 497 g/mol. The summed E-state index contributed by atoms with van der Waals surface area (Å²) in [4.78, 5) is 30.5. The molecule has 1 aliphatic heterocycles. The summed E-state index contributed by atoms with van der Waals surface area (Å²) < 4.78 is 12.8. The number of hydrogen-bond donors (Lipinski definition) is 0. The lowest BCUT2D eigenvalue weighted by atomic mass is 10.0. The lowest BCUT2D eigenvalue weighted by Crippen LogP contribution is -2.54. The Hall–Kier alpha value is -3.05. The van der Waals surface area contributed by atoms with E-state index in [0.29, 0.717) is 37.5 Å². The zero-order valence-corrected chi connectivity index (χ0v) is 22.5. The smallest absolute Gasteiger partial charge is 0.410 e. The number of ether oxygens (including phenoxy) is 2. The molecular formula is C28H40N4O4. The van der Waals surface area contributed by atoms with Crippen LogP contribution in [-0.2, 0) is 16.0 Å². The molecule has 8 heteroatoms. The number of nitriles is 1. The maximum absolute atomic E-state index is 14.1.